The van der Waals surface area contributed by atoms with Crippen LogP contribution < -0.4 is 0 Å². The van der Waals surface area contributed by atoms with E-state index >= 15 is 0 Å². The van der Waals surface area contributed by atoms with Crippen LogP contribution in [0.1, 0.15) is 41.7 Å². The Labute approximate surface area is 140 Å². The predicted octanol–water partition coefficient (Wildman–Crippen LogP) is 3.54. The van der Waals surface area contributed by atoms with Crippen molar-refractivity contribution in [2.75, 3.05) is 13.1 Å². The minimum Gasteiger partial charge on any atom is -0.492 e. The van der Waals surface area contributed by atoms with E-state index in [0.29, 0.717) is 5.82 Å². The van der Waals surface area contributed by atoms with Crippen molar-refractivity contribution in [1.82, 2.24) is 19.5 Å². The van der Waals surface area contributed by atoms with Gasteiger partial charge in [-0.3, -0.25) is 4.90 Å². The summed E-state index contributed by atoms with van der Waals surface area (Å²) in [5.74, 6) is 0.874. The lowest BCUT2D eigenvalue weighted by Gasteiger charge is -2.30. The van der Waals surface area contributed by atoms with E-state index < -0.39 is 0 Å². The molecule has 0 saturated carbocycles. The first-order chi connectivity index (χ1) is 11.1. The Balaban J connectivity index is 2.19. The molecule has 0 aliphatic heterocycles. The molecule has 6 heteroatoms. The molecule has 2 heterocycles. The van der Waals surface area contributed by atoms with Crippen LogP contribution in [0.5, 0.6) is 5.88 Å². The van der Waals surface area contributed by atoms with Gasteiger partial charge in [0.15, 0.2) is 0 Å². The lowest BCUT2D eigenvalue weighted by Crippen LogP contribution is -2.29. The van der Waals surface area contributed by atoms with Crippen LogP contribution in [0.4, 0.5) is 0 Å². The normalized spacial score (nSPS) is 13.1. The van der Waals surface area contributed by atoms with Gasteiger partial charge < -0.3 is 5.11 Å². The zero-order valence-electron chi connectivity index (χ0n) is 13.9. The standard InChI is InChI=1S/C17H22N4OS/c1-5-20(6-2)14(13-10-8-7-9-11(13)3)15-16(22)21-17(23-15)18-12(4)19-21/h7-10,14,22H,5-6H2,1-4H3. The maximum absolute atomic E-state index is 10.7. The summed E-state index contributed by atoms with van der Waals surface area (Å²) in [6, 6.07) is 8.37. The van der Waals surface area contributed by atoms with Crippen molar-refractivity contribution >= 4 is 16.3 Å². The average Bonchev–Trinajstić information content (AvgIpc) is 3.04. The summed E-state index contributed by atoms with van der Waals surface area (Å²) >= 11 is 1.51. The van der Waals surface area contributed by atoms with Gasteiger partial charge in [-0.05, 0) is 38.1 Å². The number of aromatic nitrogens is 3. The highest BCUT2D eigenvalue weighted by Gasteiger charge is 2.28. The molecule has 1 atom stereocenters. The van der Waals surface area contributed by atoms with Crippen molar-refractivity contribution in [3.05, 3.63) is 46.1 Å². The number of benzene rings is 1. The summed E-state index contributed by atoms with van der Waals surface area (Å²) in [6.07, 6.45) is 0. The third kappa shape index (κ3) is 2.72. The second-order valence-electron chi connectivity index (χ2n) is 5.62. The molecule has 0 amide bonds. The SMILES string of the molecule is CCN(CC)C(c1ccccc1C)c1sc2nc(C)nn2c1O. The van der Waals surface area contributed by atoms with E-state index in [2.05, 4.69) is 54.0 Å². The van der Waals surface area contributed by atoms with Gasteiger partial charge in [0.05, 0.1) is 10.9 Å². The van der Waals surface area contributed by atoms with Gasteiger partial charge >= 0.3 is 0 Å². The van der Waals surface area contributed by atoms with E-state index in [4.69, 9.17) is 0 Å². The van der Waals surface area contributed by atoms with Gasteiger partial charge in [-0.25, -0.2) is 4.98 Å². The number of hydrogen-bond donors (Lipinski definition) is 1. The van der Waals surface area contributed by atoms with Gasteiger partial charge in [-0.15, -0.1) is 5.10 Å². The number of aryl methyl sites for hydroxylation is 2. The Morgan fingerprint density at radius 2 is 1.91 bits per heavy atom. The van der Waals surface area contributed by atoms with E-state index in [1.54, 1.807) is 4.52 Å². The first kappa shape index (κ1) is 16.0. The highest BCUT2D eigenvalue weighted by molar-refractivity contribution is 7.17. The summed E-state index contributed by atoms with van der Waals surface area (Å²) in [4.78, 5) is 8.38. The molecule has 0 aliphatic rings. The molecule has 0 saturated heterocycles. The van der Waals surface area contributed by atoms with Crippen LogP contribution in [0.15, 0.2) is 24.3 Å². The molecular weight excluding hydrogens is 308 g/mol. The second-order valence-corrected chi connectivity index (χ2v) is 6.63. The van der Waals surface area contributed by atoms with Crippen LogP contribution in [0.25, 0.3) is 4.96 Å². The van der Waals surface area contributed by atoms with E-state index in [1.807, 2.05) is 13.0 Å². The topological polar surface area (TPSA) is 53.7 Å². The first-order valence-corrected chi connectivity index (χ1v) is 8.73. The van der Waals surface area contributed by atoms with Crippen LogP contribution in [0.2, 0.25) is 0 Å². The third-order valence-electron chi connectivity index (χ3n) is 4.21. The molecule has 0 aliphatic carbocycles. The van der Waals surface area contributed by atoms with E-state index in [0.717, 1.165) is 22.9 Å². The van der Waals surface area contributed by atoms with Gasteiger partial charge in [-0.1, -0.05) is 49.4 Å². The summed E-state index contributed by atoms with van der Waals surface area (Å²) < 4.78 is 1.55. The van der Waals surface area contributed by atoms with Crippen LogP contribution in [-0.4, -0.2) is 37.7 Å². The van der Waals surface area contributed by atoms with E-state index in [9.17, 15) is 5.11 Å². The minimum atomic E-state index is 0.0139. The fourth-order valence-electron chi connectivity index (χ4n) is 3.01. The number of aromatic hydroxyl groups is 1. The zero-order chi connectivity index (χ0) is 16.6. The number of hydrogen-bond acceptors (Lipinski definition) is 5. The van der Waals surface area contributed by atoms with Crippen molar-refractivity contribution in [3.8, 4) is 5.88 Å². The Kier molecular flexibility index (Phi) is 4.37. The Morgan fingerprint density at radius 1 is 1.22 bits per heavy atom. The lowest BCUT2D eigenvalue weighted by molar-refractivity contribution is 0.247. The number of nitrogens with zero attached hydrogens (tertiary/aromatic N) is 4. The van der Waals surface area contributed by atoms with E-state index in [1.165, 1.54) is 22.5 Å². The number of rotatable bonds is 5. The molecule has 3 aromatic rings. The quantitative estimate of drug-likeness (QED) is 0.777. The molecule has 0 spiro atoms. The molecule has 1 N–H and O–H groups in total. The Morgan fingerprint density at radius 3 is 2.52 bits per heavy atom. The summed E-state index contributed by atoms with van der Waals surface area (Å²) in [7, 11) is 0. The van der Waals surface area contributed by atoms with Gasteiger partial charge in [0, 0.05) is 0 Å². The smallest absolute Gasteiger partial charge is 0.230 e. The molecular formula is C17H22N4OS. The maximum atomic E-state index is 10.7. The lowest BCUT2D eigenvalue weighted by atomic mass is 9.98. The van der Waals surface area contributed by atoms with Crippen molar-refractivity contribution in [2.45, 2.75) is 33.7 Å². The molecule has 0 bridgehead atoms. The minimum absolute atomic E-state index is 0.0139. The van der Waals surface area contributed by atoms with Crippen LogP contribution in [0, 0.1) is 13.8 Å². The van der Waals surface area contributed by atoms with Crippen LogP contribution >= 0.6 is 11.3 Å². The van der Waals surface area contributed by atoms with Crippen LogP contribution in [-0.2, 0) is 0 Å². The van der Waals surface area contributed by atoms with Crippen LogP contribution in [0.3, 0.4) is 0 Å². The van der Waals surface area contributed by atoms with Crippen molar-refractivity contribution in [3.63, 3.8) is 0 Å². The monoisotopic (exact) mass is 330 g/mol. The molecule has 122 valence electrons. The average molecular weight is 330 g/mol. The van der Waals surface area contributed by atoms with Gasteiger partial charge in [0.1, 0.15) is 5.82 Å². The van der Waals surface area contributed by atoms with Crippen molar-refractivity contribution in [2.24, 2.45) is 0 Å². The highest BCUT2D eigenvalue weighted by atomic mass is 32.1. The maximum Gasteiger partial charge on any atom is 0.230 e. The summed E-state index contributed by atoms with van der Waals surface area (Å²) in [5, 5.41) is 15.0. The fraction of sp³-hybridized carbons (Fsp3) is 0.412. The van der Waals surface area contributed by atoms with Crippen molar-refractivity contribution in [1.29, 1.82) is 0 Å². The number of fused-ring (bicyclic) bond motifs is 1. The third-order valence-corrected chi connectivity index (χ3v) is 5.29. The molecule has 0 radical (unpaired) electrons. The zero-order valence-corrected chi connectivity index (χ0v) is 14.8. The second kappa shape index (κ2) is 6.29. The summed E-state index contributed by atoms with van der Waals surface area (Å²) in [5.41, 5.74) is 2.44. The molecule has 2 aromatic heterocycles. The van der Waals surface area contributed by atoms with E-state index in [-0.39, 0.29) is 11.9 Å². The largest absolute Gasteiger partial charge is 0.492 e. The van der Waals surface area contributed by atoms with Crippen molar-refractivity contribution < 1.29 is 5.11 Å². The first-order valence-electron chi connectivity index (χ1n) is 7.91. The van der Waals surface area contributed by atoms with Gasteiger partial charge in [-0.2, -0.15) is 4.52 Å². The summed E-state index contributed by atoms with van der Waals surface area (Å²) in [6.45, 7) is 10.1. The number of thiazole rings is 1. The molecule has 5 nitrogen and oxygen atoms in total. The molecule has 1 unspecified atom stereocenters. The highest BCUT2D eigenvalue weighted by Crippen LogP contribution is 2.40. The van der Waals surface area contributed by atoms with Gasteiger partial charge in [0.25, 0.3) is 0 Å². The molecule has 1 aromatic carbocycles. The molecule has 3 rings (SSSR count). The predicted molar refractivity (Wildman–Crippen MR) is 93.2 cm³/mol. The van der Waals surface area contributed by atoms with Gasteiger partial charge in [0.2, 0.25) is 10.8 Å². The Hall–Kier alpha value is -1.92. The molecule has 23 heavy (non-hydrogen) atoms. The molecule has 0 fully saturated rings. The Bertz CT molecular complexity index is 819. The fourth-order valence-corrected chi connectivity index (χ4v) is 4.17.